The minimum atomic E-state index is 0.175. The van der Waals surface area contributed by atoms with Crippen molar-refractivity contribution in [3.05, 3.63) is 35.4 Å². The second kappa shape index (κ2) is 4.66. The number of carbonyl (C=O) groups is 1. The van der Waals surface area contributed by atoms with E-state index in [9.17, 15) is 4.79 Å². The van der Waals surface area contributed by atoms with Gasteiger partial charge in [0.25, 0.3) is 0 Å². The summed E-state index contributed by atoms with van der Waals surface area (Å²) >= 11 is 0. The summed E-state index contributed by atoms with van der Waals surface area (Å²) in [4.78, 5) is 13.4. The molecule has 2 rings (SSSR count). The zero-order valence-electron chi connectivity index (χ0n) is 9.86. The summed E-state index contributed by atoms with van der Waals surface area (Å²) in [5, 5.41) is 3.41. The van der Waals surface area contributed by atoms with E-state index in [1.54, 1.807) is 19.0 Å². The Morgan fingerprint density at radius 2 is 2.19 bits per heavy atom. The van der Waals surface area contributed by atoms with Crippen LogP contribution in [0.4, 0.5) is 0 Å². The van der Waals surface area contributed by atoms with Crippen LogP contribution in [0.1, 0.15) is 23.6 Å². The molecule has 1 aliphatic rings. The molecule has 1 aliphatic heterocycles. The quantitative estimate of drug-likeness (QED) is 0.812. The molecule has 1 heterocycles. The van der Waals surface area contributed by atoms with E-state index in [2.05, 4.69) is 23.5 Å². The normalized spacial score (nSPS) is 19.0. The predicted octanol–water partition coefficient (Wildman–Crippen LogP) is 1.35. The Morgan fingerprint density at radius 3 is 2.94 bits per heavy atom. The van der Waals surface area contributed by atoms with Crippen LogP contribution >= 0.6 is 0 Å². The van der Waals surface area contributed by atoms with Gasteiger partial charge in [-0.1, -0.05) is 24.3 Å². The fraction of sp³-hybridized carbons (Fsp3) is 0.462. The molecule has 0 spiro atoms. The molecule has 0 radical (unpaired) electrons. The van der Waals surface area contributed by atoms with Crippen molar-refractivity contribution in [2.45, 2.75) is 18.9 Å². The van der Waals surface area contributed by atoms with Gasteiger partial charge < -0.3 is 10.2 Å². The van der Waals surface area contributed by atoms with Gasteiger partial charge in [-0.2, -0.15) is 0 Å². The van der Waals surface area contributed by atoms with Gasteiger partial charge in [0.2, 0.25) is 5.91 Å². The van der Waals surface area contributed by atoms with Crippen molar-refractivity contribution < 1.29 is 4.79 Å². The van der Waals surface area contributed by atoms with E-state index in [1.165, 1.54) is 11.1 Å². The zero-order valence-corrected chi connectivity index (χ0v) is 9.86. The first-order valence-electron chi connectivity index (χ1n) is 5.70. The van der Waals surface area contributed by atoms with E-state index in [1.807, 2.05) is 6.07 Å². The summed E-state index contributed by atoms with van der Waals surface area (Å²) in [5.74, 6) is 0.175. The number of rotatable bonds is 2. The third-order valence-electron chi connectivity index (χ3n) is 3.09. The van der Waals surface area contributed by atoms with Crippen LogP contribution < -0.4 is 5.32 Å². The van der Waals surface area contributed by atoms with Crippen molar-refractivity contribution in [1.82, 2.24) is 10.2 Å². The van der Waals surface area contributed by atoms with Crippen molar-refractivity contribution in [1.29, 1.82) is 0 Å². The van der Waals surface area contributed by atoms with Gasteiger partial charge in [0.15, 0.2) is 0 Å². The number of hydrogen-bond donors (Lipinski definition) is 1. The van der Waals surface area contributed by atoms with Crippen LogP contribution in [0, 0.1) is 0 Å². The molecule has 0 aromatic heterocycles. The first kappa shape index (κ1) is 11.1. The van der Waals surface area contributed by atoms with Gasteiger partial charge in [-0.05, 0) is 24.1 Å². The average Bonchev–Trinajstić information content (AvgIpc) is 2.29. The number of nitrogens with zero attached hydrogens (tertiary/aromatic N) is 1. The van der Waals surface area contributed by atoms with E-state index in [-0.39, 0.29) is 11.9 Å². The molecule has 0 saturated carbocycles. The lowest BCUT2D eigenvalue weighted by molar-refractivity contribution is -0.129. The highest BCUT2D eigenvalue weighted by molar-refractivity contribution is 5.76. The molecule has 3 heteroatoms. The Balaban J connectivity index is 2.16. The first-order valence-corrected chi connectivity index (χ1v) is 5.70. The molecule has 0 aliphatic carbocycles. The zero-order chi connectivity index (χ0) is 11.5. The van der Waals surface area contributed by atoms with Crippen LogP contribution in [-0.4, -0.2) is 31.4 Å². The lowest BCUT2D eigenvalue weighted by Crippen LogP contribution is -2.34. The maximum Gasteiger partial charge on any atom is 0.223 e. The summed E-state index contributed by atoms with van der Waals surface area (Å²) in [6.45, 7) is 0.961. The van der Waals surface area contributed by atoms with Crippen LogP contribution in [0.2, 0.25) is 0 Å². The average molecular weight is 218 g/mol. The van der Waals surface area contributed by atoms with Crippen molar-refractivity contribution >= 4 is 5.91 Å². The summed E-state index contributed by atoms with van der Waals surface area (Å²) < 4.78 is 0. The lowest BCUT2D eigenvalue weighted by atomic mass is 9.92. The molecule has 1 aromatic carbocycles. The second-order valence-corrected chi connectivity index (χ2v) is 4.45. The monoisotopic (exact) mass is 218 g/mol. The highest BCUT2D eigenvalue weighted by Crippen LogP contribution is 2.25. The largest absolute Gasteiger partial charge is 0.349 e. The third-order valence-corrected chi connectivity index (χ3v) is 3.09. The van der Waals surface area contributed by atoms with Crippen molar-refractivity contribution in [3.63, 3.8) is 0 Å². The van der Waals surface area contributed by atoms with E-state index in [4.69, 9.17) is 0 Å². The fourth-order valence-electron chi connectivity index (χ4n) is 2.13. The Hall–Kier alpha value is -1.35. The van der Waals surface area contributed by atoms with Crippen LogP contribution in [0.3, 0.4) is 0 Å². The van der Waals surface area contributed by atoms with Gasteiger partial charge in [-0.15, -0.1) is 0 Å². The number of amides is 1. The van der Waals surface area contributed by atoms with Gasteiger partial charge in [0.05, 0.1) is 0 Å². The lowest BCUT2D eigenvalue weighted by Gasteiger charge is -2.27. The highest BCUT2D eigenvalue weighted by atomic mass is 16.2. The summed E-state index contributed by atoms with van der Waals surface area (Å²) in [6, 6.07) is 8.56. The molecule has 1 aromatic rings. The van der Waals surface area contributed by atoms with Gasteiger partial charge in [0.1, 0.15) is 0 Å². The van der Waals surface area contributed by atoms with Crippen LogP contribution in [0.5, 0.6) is 0 Å². The molecule has 16 heavy (non-hydrogen) atoms. The molecule has 86 valence electrons. The van der Waals surface area contributed by atoms with Gasteiger partial charge >= 0.3 is 0 Å². The highest BCUT2D eigenvalue weighted by Gasteiger charge is 2.22. The Labute approximate surface area is 96.5 Å². The Kier molecular flexibility index (Phi) is 3.25. The molecular weight excluding hydrogens is 200 g/mol. The van der Waals surface area contributed by atoms with Crippen molar-refractivity contribution in [2.75, 3.05) is 20.6 Å². The minimum Gasteiger partial charge on any atom is -0.349 e. The summed E-state index contributed by atoms with van der Waals surface area (Å²) in [7, 11) is 3.61. The smallest absolute Gasteiger partial charge is 0.223 e. The maximum absolute atomic E-state index is 11.7. The van der Waals surface area contributed by atoms with Crippen molar-refractivity contribution in [3.8, 4) is 0 Å². The minimum absolute atomic E-state index is 0.175. The summed E-state index contributed by atoms with van der Waals surface area (Å²) in [6.07, 6.45) is 1.60. The Morgan fingerprint density at radius 1 is 1.44 bits per heavy atom. The van der Waals surface area contributed by atoms with E-state index in [0.717, 1.165) is 13.0 Å². The molecule has 0 fully saturated rings. The van der Waals surface area contributed by atoms with E-state index >= 15 is 0 Å². The van der Waals surface area contributed by atoms with Crippen molar-refractivity contribution in [2.24, 2.45) is 0 Å². The standard InChI is InChI=1S/C13H18N2O/c1-15(2)13(16)9-12-11-6-4-3-5-10(11)7-8-14-12/h3-6,12,14H,7-9H2,1-2H3. The van der Waals surface area contributed by atoms with Gasteiger partial charge in [-0.3, -0.25) is 4.79 Å². The SMILES string of the molecule is CN(C)C(=O)CC1NCCc2ccccc21. The molecule has 3 nitrogen and oxygen atoms in total. The van der Waals surface area contributed by atoms with E-state index in [0.29, 0.717) is 6.42 Å². The molecule has 0 bridgehead atoms. The van der Waals surface area contributed by atoms with Crippen LogP contribution in [0.15, 0.2) is 24.3 Å². The number of benzene rings is 1. The molecular formula is C13H18N2O. The molecule has 1 unspecified atom stereocenters. The molecule has 1 atom stereocenters. The summed E-state index contributed by atoms with van der Waals surface area (Å²) in [5.41, 5.74) is 2.65. The first-order chi connectivity index (χ1) is 7.68. The molecule has 1 amide bonds. The number of nitrogens with one attached hydrogen (secondary N) is 1. The van der Waals surface area contributed by atoms with Crippen LogP contribution in [0.25, 0.3) is 0 Å². The molecule has 1 N–H and O–H groups in total. The van der Waals surface area contributed by atoms with Crippen LogP contribution in [-0.2, 0) is 11.2 Å². The van der Waals surface area contributed by atoms with Gasteiger partial charge in [0, 0.05) is 26.6 Å². The topological polar surface area (TPSA) is 32.3 Å². The number of carbonyl (C=O) groups excluding carboxylic acids is 1. The number of hydrogen-bond acceptors (Lipinski definition) is 2. The number of fused-ring (bicyclic) bond motifs is 1. The van der Waals surface area contributed by atoms with E-state index < -0.39 is 0 Å². The Bertz CT molecular complexity index is 387. The maximum atomic E-state index is 11.7. The predicted molar refractivity (Wildman–Crippen MR) is 64.2 cm³/mol. The van der Waals surface area contributed by atoms with Gasteiger partial charge in [-0.25, -0.2) is 0 Å². The third kappa shape index (κ3) is 2.25. The second-order valence-electron chi connectivity index (χ2n) is 4.45. The molecule has 0 saturated heterocycles. The fourth-order valence-corrected chi connectivity index (χ4v) is 2.13.